The van der Waals surface area contributed by atoms with Crippen molar-refractivity contribution in [3.8, 4) is 0 Å². The zero-order chi connectivity index (χ0) is 18.1. The molecule has 132 valence electrons. The first kappa shape index (κ1) is 18.2. The van der Waals surface area contributed by atoms with Gasteiger partial charge in [-0.25, -0.2) is 18.4 Å². The van der Waals surface area contributed by atoms with E-state index >= 15 is 0 Å². The molecule has 1 aliphatic rings. The second kappa shape index (κ2) is 6.75. The van der Waals surface area contributed by atoms with Gasteiger partial charge in [0, 0.05) is 19.0 Å². The highest BCUT2D eigenvalue weighted by atomic mass is 19.1. The lowest BCUT2D eigenvalue weighted by molar-refractivity contribution is 0.0292. The van der Waals surface area contributed by atoms with E-state index in [2.05, 4.69) is 4.74 Å². The number of amides is 1. The number of carbonyl (C=O) groups is 2. The molecule has 7 heteroatoms. The summed E-state index contributed by atoms with van der Waals surface area (Å²) in [5.74, 6) is -3.29. The van der Waals surface area contributed by atoms with Crippen molar-refractivity contribution in [2.75, 3.05) is 20.2 Å². The summed E-state index contributed by atoms with van der Waals surface area (Å²) < 4.78 is 38.0. The lowest BCUT2D eigenvalue weighted by Crippen LogP contribution is -2.35. The van der Waals surface area contributed by atoms with Gasteiger partial charge in [0.15, 0.2) is 0 Å². The van der Waals surface area contributed by atoms with Gasteiger partial charge >= 0.3 is 12.1 Å². The molecule has 1 aromatic carbocycles. The SMILES string of the molecule is COC(=O)c1c(F)ccc(C2CCN(C(=O)OC(C)(C)C)C2)c1F. The number of esters is 1. The van der Waals surface area contributed by atoms with Gasteiger partial charge in [0.05, 0.1) is 7.11 Å². The van der Waals surface area contributed by atoms with Gasteiger partial charge in [-0.2, -0.15) is 0 Å². The summed E-state index contributed by atoms with van der Waals surface area (Å²) in [4.78, 5) is 25.1. The number of nitrogens with zero attached hydrogens (tertiary/aromatic N) is 1. The third-order valence-corrected chi connectivity index (χ3v) is 3.79. The minimum Gasteiger partial charge on any atom is -0.465 e. The Hall–Kier alpha value is -2.18. The molecule has 24 heavy (non-hydrogen) atoms. The molecular formula is C17H21F2NO4. The fourth-order valence-corrected chi connectivity index (χ4v) is 2.68. The molecule has 0 bridgehead atoms. The zero-order valence-electron chi connectivity index (χ0n) is 14.2. The second-order valence-electron chi connectivity index (χ2n) is 6.73. The summed E-state index contributed by atoms with van der Waals surface area (Å²) in [5, 5.41) is 0. The van der Waals surface area contributed by atoms with Crippen LogP contribution >= 0.6 is 0 Å². The first-order chi connectivity index (χ1) is 11.1. The predicted octanol–water partition coefficient (Wildman–Crippen LogP) is 3.48. The van der Waals surface area contributed by atoms with Crippen molar-refractivity contribution in [2.24, 2.45) is 0 Å². The second-order valence-corrected chi connectivity index (χ2v) is 6.73. The van der Waals surface area contributed by atoms with Gasteiger partial charge in [0.25, 0.3) is 0 Å². The van der Waals surface area contributed by atoms with Crippen molar-refractivity contribution < 1.29 is 27.8 Å². The Kier molecular flexibility index (Phi) is 5.11. The molecule has 1 unspecified atom stereocenters. The zero-order valence-corrected chi connectivity index (χ0v) is 14.2. The maximum absolute atomic E-state index is 14.5. The smallest absolute Gasteiger partial charge is 0.410 e. The number of likely N-dealkylation sites (tertiary alicyclic amines) is 1. The molecule has 1 aliphatic heterocycles. The van der Waals surface area contributed by atoms with E-state index in [-0.39, 0.29) is 18.0 Å². The van der Waals surface area contributed by atoms with E-state index in [0.717, 1.165) is 13.2 Å². The Labute approximate surface area is 139 Å². The van der Waals surface area contributed by atoms with Crippen LogP contribution in [0.1, 0.15) is 49.0 Å². The van der Waals surface area contributed by atoms with Crippen molar-refractivity contribution in [1.82, 2.24) is 4.90 Å². The first-order valence-corrected chi connectivity index (χ1v) is 7.68. The van der Waals surface area contributed by atoms with Crippen molar-refractivity contribution in [3.05, 3.63) is 34.9 Å². The highest BCUT2D eigenvalue weighted by molar-refractivity contribution is 5.90. The van der Waals surface area contributed by atoms with E-state index in [4.69, 9.17) is 4.74 Å². The highest BCUT2D eigenvalue weighted by Crippen LogP contribution is 2.32. The molecule has 1 saturated heterocycles. The van der Waals surface area contributed by atoms with Crippen LogP contribution in [0.25, 0.3) is 0 Å². The van der Waals surface area contributed by atoms with Crippen LogP contribution in [-0.4, -0.2) is 42.8 Å². The molecule has 1 fully saturated rings. The van der Waals surface area contributed by atoms with Crippen LogP contribution in [0.15, 0.2) is 12.1 Å². The Morgan fingerprint density at radius 1 is 1.25 bits per heavy atom. The molecular weight excluding hydrogens is 320 g/mol. The maximum atomic E-state index is 14.5. The van der Waals surface area contributed by atoms with E-state index < -0.39 is 34.9 Å². The normalized spacial score (nSPS) is 17.8. The molecule has 0 aliphatic carbocycles. The van der Waals surface area contributed by atoms with Gasteiger partial charge in [0.1, 0.15) is 22.8 Å². The van der Waals surface area contributed by atoms with E-state index in [1.165, 1.54) is 11.0 Å². The molecule has 0 radical (unpaired) electrons. The van der Waals surface area contributed by atoms with Crippen molar-refractivity contribution >= 4 is 12.1 Å². The van der Waals surface area contributed by atoms with E-state index in [1.807, 2.05) is 0 Å². The third-order valence-electron chi connectivity index (χ3n) is 3.79. The largest absolute Gasteiger partial charge is 0.465 e. The number of ether oxygens (including phenoxy) is 2. The topological polar surface area (TPSA) is 55.8 Å². The van der Waals surface area contributed by atoms with Crippen molar-refractivity contribution in [2.45, 2.75) is 38.7 Å². The summed E-state index contributed by atoms with van der Waals surface area (Å²) in [5.41, 5.74) is -1.12. The molecule has 5 nitrogen and oxygen atoms in total. The predicted molar refractivity (Wildman–Crippen MR) is 82.9 cm³/mol. The Balaban J connectivity index is 2.20. The fraction of sp³-hybridized carbons (Fsp3) is 0.529. The number of halogens is 2. The van der Waals surface area contributed by atoms with Gasteiger partial charge in [-0.1, -0.05) is 6.07 Å². The van der Waals surface area contributed by atoms with E-state index in [9.17, 15) is 18.4 Å². The molecule has 1 aromatic rings. The lowest BCUT2D eigenvalue weighted by Gasteiger charge is -2.24. The van der Waals surface area contributed by atoms with Gasteiger partial charge in [-0.15, -0.1) is 0 Å². The van der Waals surface area contributed by atoms with E-state index in [0.29, 0.717) is 13.0 Å². The van der Waals surface area contributed by atoms with Crippen LogP contribution in [0.5, 0.6) is 0 Å². The van der Waals surface area contributed by atoms with Gasteiger partial charge in [-0.3, -0.25) is 0 Å². The molecule has 0 spiro atoms. The first-order valence-electron chi connectivity index (χ1n) is 7.68. The van der Waals surface area contributed by atoms with Crippen molar-refractivity contribution in [1.29, 1.82) is 0 Å². The van der Waals surface area contributed by atoms with Crippen LogP contribution in [0.3, 0.4) is 0 Å². The highest BCUT2D eigenvalue weighted by Gasteiger charge is 2.33. The minimum absolute atomic E-state index is 0.197. The average molecular weight is 341 g/mol. The number of hydrogen-bond donors (Lipinski definition) is 0. The molecule has 1 atom stereocenters. The van der Waals surface area contributed by atoms with Gasteiger partial charge in [-0.05, 0) is 38.8 Å². The molecule has 1 amide bonds. The van der Waals surface area contributed by atoms with Crippen LogP contribution in [0.2, 0.25) is 0 Å². The van der Waals surface area contributed by atoms with Crippen LogP contribution in [-0.2, 0) is 9.47 Å². The summed E-state index contributed by atoms with van der Waals surface area (Å²) in [7, 11) is 1.06. The monoisotopic (exact) mass is 341 g/mol. The maximum Gasteiger partial charge on any atom is 0.410 e. The minimum atomic E-state index is -1.06. The van der Waals surface area contributed by atoms with Crippen molar-refractivity contribution in [3.63, 3.8) is 0 Å². The molecule has 0 N–H and O–H groups in total. The summed E-state index contributed by atoms with van der Waals surface area (Å²) in [6, 6.07) is 2.35. The summed E-state index contributed by atoms with van der Waals surface area (Å²) in [6.07, 6.45) is 0.0308. The average Bonchev–Trinajstić information content (AvgIpc) is 2.95. The Morgan fingerprint density at radius 3 is 2.50 bits per heavy atom. The third kappa shape index (κ3) is 3.83. The number of hydrogen-bond acceptors (Lipinski definition) is 4. The molecule has 0 aromatic heterocycles. The number of benzene rings is 1. The van der Waals surface area contributed by atoms with Gasteiger partial charge < -0.3 is 14.4 Å². The number of methoxy groups -OCH3 is 1. The lowest BCUT2D eigenvalue weighted by atomic mass is 9.95. The van der Waals surface area contributed by atoms with Crippen LogP contribution < -0.4 is 0 Å². The molecule has 2 rings (SSSR count). The van der Waals surface area contributed by atoms with Crippen LogP contribution in [0.4, 0.5) is 13.6 Å². The number of carbonyl (C=O) groups excluding carboxylic acids is 2. The van der Waals surface area contributed by atoms with E-state index in [1.54, 1.807) is 20.8 Å². The summed E-state index contributed by atoms with van der Waals surface area (Å²) >= 11 is 0. The fourth-order valence-electron chi connectivity index (χ4n) is 2.68. The molecule has 0 saturated carbocycles. The Morgan fingerprint density at radius 2 is 1.92 bits per heavy atom. The summed E-state index contributed by atoms with van der Waals surface area (Å²) in [6.45, 7) is 5.95. The number of rotatable bonds is 2. The molecule has 1 heterocycles. The van der Waals surface area contributed by atoms with Crippen LogP contribution in [0, 0.1) is 11.6 Å². The van der Waals surface area contributed by atoms with Gasteiger partial charge in [0.2, 0.25) is 0 Å². The standard InChI is InChI=1S/C17H21F2NO4/c1-17(2,3)24-16(22)20-8-7-10(9-20)11-5-6-12(18)13(14(11)19)15(21)23-4/h5-6,10H,7-9H2,1-4H3. The Bertz CT molecular complexity index is 655. The quantitative estimate of drug-likeness (QED) is 0.773.